The minimum absolute atomic E-state index is 0.124. The summed E-state index contributed by atoms with van der Waals surface area (Å²) in [5.74, 6) is 0.371. The average Bonchev–Trinajstić information content (AvgIpc) is 2.38. The largest absolute Gasteiger partial charge is 0.341 e. The average molecular weight is 260 g/mol. The molecule has 2 unspecified atom stereocenters. The number of carbonyl (C=O) groups excluding carboxylic acids is 1. The van der Waals surface area contributed by atoms with Crippen molar-refractivity contribution in [3.8, 4) is 0 Å². The number of hydrogen-bond acceptors (Lipinski definition) is 2. The monoisotopic (exact) mass is 260 g/mol. The molecule has 3 nitrogen and oxygen atoms in total. The van der Waals surface area contributed by atoms with E-state index < -0.39 is 0 Å². The molecule has 0 aliphatic heterocycles. The highest BCUT2D eigenvalue weighted by Gasteiger charge is 2.27. The number of hydrogen-bond donors (Lipinski definition) is 1. The van der Waals surface area contributed by atoms with E-state index in [4.69, 9.17) is 5.73 Å². The number of carbonyl (C=O) groups is 1. The first-order valence-corrected chi connectivity index (χ1v) is 7.12. The third-order valence-corrected chi connectivity index (χ3v) is 3.94. The van der Waals surface area contributed by atoms with Crippen molar-refractivity contribution in [3.05, 3.63) is 35.4 Å². The number of aryl methyl sites for hydroxylation is 1. The summed E-state index contributed by atoms with van der Waals surface area (Å²) in [4.78, 5) is 14.2. The van der Waals surface area contributed by atoms with Crippen molar-refractivity contribution < 1.29 is 4.79 Å². The van der Waals surface area contributed by atoms with E-state index in [1.807, 2.05) is 18.0 Å². The molecule has 2 N–H and O–H groups in total. The summed E-state index contributed by atoms with van der Waals surface area (Å²) in [5, 5.41) is 0. The van der Waals surface area contributed by atoms with Crippen LogP contribution in [0, 0.1) is 12.8 Å². The minimum Gasteiger partial charge on any atom is -0.341 e. The Morgan fingerprint density at radius 1 is 1.42 bits per heavy atom. The molecule has 1 aromatic carbocycles. The molecule has 0 radical (unpaired) electrons. The molecule has 3 heteroatoms. The Morgan fingerprint density at radius 2 is 2.21 bits per heavy atom. The van der Waals surface area contributed by atoms with Crippen LogP contribution in [0.5, 0.6) is 0 Å². The smallest absolute Gasteiger partial charge is 0.225 e. The minimum atomic E-state index is 0.124. The van der Waals surface area contributed by atoms with Gasteiger partial charge in [0.25, 0.3) is 0 Å². The summed E-state index contributed by atoms with van der Waals surface area (Å²) < 4.78 is 0. The van der Waals surface area contributed by atoms with Crippen molar-refractivity contribution in [2.24, 2.45) is 11.7 Å². The number of benzene rings is 1. The fourth-order valence-corrected chi connectivity index (χ4v) is 2.93. The van der Waals surface area contributed by atoms with Gasteiger partial charge >= 0.3 is 0 Å². The SMILES string of the molecule is Cc1cccc(CN(C)C(=O)C2CCCC(N)C2)c1. The van der Waals surface area contributed by atoms with Crippen LogP contribution < -0.4 is 5.73 Å². The third kappa shape index (κ3) is 3.80. The Labute approximate surface area is 115 Å². The molecule has 1 fully saturated rings. The molecule has 2 atom stereocenters. The molecular weight excluding hydrogens is 236 g/mol. The lowest BCUT2D eigenvalue weighted by Gasteiger charge is -2.29. The van der Waals surface area contributed by atoms with Gasteiger partial charge in [0.2, 0.25) is 5.91 Å². The molecule has 0 saturated heterocycles. The molecule has 1 aliphatic rings. The second-order valence-electron chi connectivity index (χ2n) is 5.81. The molecule has 2 rings (SSSR count). The van der Waals surface area contributed by atoms with E-state index in [-0.39, 0.29) is 17.9 Å². The molecule has 1 aliphatic carbocycles. The van der Waals surface area contributed by atoms with Crippen LogP contribution in [0.4, 0.5) is 0 Å². The van der Waals surface area contributed by atoms with Crippen LogP contribution in [0.2, 0.25) is 0 Å². The Hall–Kier alpha value is -1.35. The summed E-state index contributed by atoms with van der Waals surface area (Å²) in [6.07, 6.45) is 3.98. The maximum Gasteiger partial charge on any atom is 0.225 e. The highest BCUT2D eigenvalue weighted by molar-refractivity contribution is 5.78. The predicted molar refractivity (Wildman–Crippen MR) is 77.6 cm³/mol. The Kier molecular flexibility index (Phi) is 4.59. The summed E-state index contributed by atoms with van der Waals surface area (Å²) in [6.45, 7) is 2.76. The Bertz CT molecular complexity index is 444. The molecule has 1 saturated carbocycles. The van der Waals surface area contributed by atoms with Crippen molar-refractivity contribution in [3.63, 3.8) is 0 Å². The van der Waals surface area contributed by atoms with Crippen molar-refractivity contribution in [2.75, 3.05) is 7.05 Å². The van der Waals surface area contributed by atoms with Gasteiger partial charge in [-0.05, 0) is 31.7 Å². The second kappa shape index (κ2) is 6.20. The van der Waals surface area contributed by atoms with Gasteiger partial charge in [0.15, 0.2) is 0 Å². The van der Waals surface area contributed by atoms with Gasteiger partial charge in [0.1, 0.15) is 0 Å². The first kappa shape index (κ1) is 14.1. The van der Waals surface area contributed by atoms with E-state index >= 15 is 0 Å². The normalized spacial score (nSPS) is 23.1. The quantitative estimate of drug-likeness (QED) is 0.907. The molecule has 104 valence electrons. The number of nitrogens with zero attached hydrogens (tertiary/aromatic N) is 1. The molecule has 0 aromatic heterocycles. The molecule has 19 heavy (non-hydrogen) atoms. The van der Waals surface area contributed by atoms with Gasteiger partial charge in [-0.15, -0.1) is 0 Å². The molecule has 1 amide bonds. The highest BCUT2D eigenvalue weighted by atomic mass is 16.2. The van der Waals surface area contributed by atoms with Crippen molar-refractivity contribution in [2.45, 2.75) is 45.2 Å². The maximum atomic E-state index is 12.4. The molecule has 0 bridgehead atoms. The van der Waals surface area contributed by atoms with Crippen LogP contribution in [-0.4, -0.2) is 23.9 Å². The van der Waals surface area contributed by atoms with E-state index in [2.05, 4.69) is 25.1 Å². The van der Waals surface area contributed by atoms with Crippen LogP contribution in [0.15, 0.2) is 24.3 Å². The van der Waals surface area contributed by atoms with Crippen molar-refractivity contribution in [1.29, 1.82) is 0 Å². The standard InChI is InChI=1S/C16H24N2O/c1-12-5-3-6-13(9-12)11-18(2)16(19)14-7-4-8-15(17)10-14/h3,5-6,9,14-15H,4,7-8,10-11,17H2,1-2H3. The van der Waals surface area contributed by atoms with Gasteiger partial charge in [-0.25, -0.2) is 0 Å². The number of rotatable bonds is 3. The zero-order chi connectivity index (χ0) is 13.8. The zero-order valence-corrected chi connectivity index (χ0v) is 11.9. The van der Waals surface area contributed by atoms with Gasteiger partial charge < -0.3 is 10.6 Å². The van der Waals surface area contributed by atoms with Crippen LogP contribution in [-0.2, 0) is 11.3 Å². The van der Waals surface area contributed by atoms with Gasteiger partial charge in [-0.3, -0.25) is 4.79 Å². The topological polar surface area (TPSA) is 46.3 Å². The Balaban J connectivity index is 1.95. The van der Waals surface area contributed by atoms with Gasteiger partial charge in [0, 0.05) is 25.6 Å². The first-order chi connectivity index (χ1) is 9.06. The van der Waals surface area contributed by atoms with Gasteiger partial charge in [-0.1, -0.05) is 36.2 Å². The lowest BCUT2D eigenvalue weighted by molar-refractivity contribution is -0.135. The fraction of sp³-hybridized carbons (Fsp3) is 0.562. The molecular formula is C16H24N2O. The van der Waals surface area contributed by atoms with E-state index in [0.717, 1.165) is 25.7 Å². The van der Waals surface area contributed by atoms with Crippen LogP contribution in [0.3, 0.4) is 0 Å². The fourth-order valence-electron chi connectivity index (χ4n) is 2.93. The van der Waals surface area contributed by atoms with E-state index in [9.17, 15) is 4.79 Å². The third-order valence-electron chi connectivity index (χ3n) is 3.94. The van der Waals surface area contributed by atoms with Crippen molar-refractivity contribution >= 4 is 5.91 Å². The van der Waals surface area contributed by atoms with E-state index in [1.165, 1.54) is 11.1 Å². The molecule has 0 spiro atoms. The molecule has 0 heterocycles. The molecule has 1 aromatic rings. The van der Waals surface area contributed by atoms with E-state index in [0.29, 0.717) is 6.54 Å². The number of nitrogens with two attached hydrogens (primary N) is 1. The van der Waals surface area contributed by atoms with Crippen LogP contribution in [0.1, 0.15) is 36.8 Å². The Morgan fingerprint density at radius 3 is 2.89 bits per heavy atom. The summed E-state index contributed by atoms with van der Waals surface area (Å²) in [6, 6.07) is 8.53. The highest BCUT2D eigenvalue weighted by Crippen LogP contribution is 2.25. The predicted octanol–water partition coefficient (Wildman–Crippen LogP) is 2.47. The zero-order valence-electron chi connectivity index (χ0n) is 11.9. The summed E-state index contributed by atoms with van der Waals surface area (Å²) >= 11 is 0. The van der Waals surface area contributed by atoms with Gasteiger partial charge in [0.05, 0.1) is 0 Å². The first-order valence-electron chi connectivity index (χ1n) is 7.12. The number of amides is 1. The van der Waals surface area contributed by atoms with Crippen LogP contribution >= 0.6 is 0 Å². The summed E-state index contributed by atoms with van der Waals surface area (Å²) in [5.41, 5.74) is 8.39. The van der Waals surface area contributed by atoms with Crippen molar-refractivity contribution in [1.82, 2.24) is 4.90 Å². The lowest BCUT2D eigenvalue weighted by atomic mass is 9.85. The van der Waals surface area contributed by atoms with Crippen LogP contribution in [0.25, 0.3) is 0 Å². The van der Waals surface area contributed by atoms with Gasteiger partial charge in [-0.2, -0.15) is 0 Å². The summed E-state index contributed by atoms with van der Waals surface area (Å²) in [7, 11) is 1.89. The van der Waals surface area contributed by atoms with E-state index in [1.54, 1.807) is 0 Å². The maximum absolute atomic E-state index is 12.4. The second-order valence-corrected chi connectivity index (χ2v) is 5.81. The lowest BCUT2D eigenvalue weighted by Crippen LogP contribution is -2.38.